The summed E-state index contributed by atoms with van der Waals surface area (Å²) in [6, 6.07) is 0. The molecule has 0 spiro atoms. The Morgan fingerprint density at radius 2 is 1.73 bits per heavy atom. The SMILES string of the molecule is CC(O)C(=O)OC[C@H](O)[C@@H](O)[C@H](O)CO. The number of aliphatic hydroxyl groups is 5. The fraction of sp³-hybridized carbons (Fsp3) is 0.875. The van der Waals surface area contributed by atoms with E-state index in [1.807, 2.05) is 0 Å². The van der Waals surface area contributed by atoms with Gasteiger partial charge in [0.05, 0.1) is 6.61 Å². The molecular formula is C8H16O7. The molecule has 90 valence electrons. The minimum atomic E-state index is -1.61. The van der Waals surface area contributed by atoms with Crippen molar-refractivity contribution in [1.82, 2.24) is 0 Å². The monoisotopic (exact) mass is 224 g/mol. The summed E-state index contributed by atoms with van der Waals surface area (Å²) in [4.78, 5) is 10.7. The Labute approximate surface area is 86.5 Å². The molecule has 0 aliphatic carbocycles. The van der Waals surface area contributed by atoms with Crippen LogP contribution in [0.3, 0.4) is 0 Å². The van der Waals surface area contributed by atoms with E-state index in [0.29, 0.717) is 0 Å². The van der Waals surface area contributed by atoms with E-state index in [0.717, 1.165) is 0 Å². The molecule has 1 unspecified atom stereocenters. The molecule has 7 nitrogen and oxygen atoms in total. The molecule has 0 aromatic rings. The highest BCUT2D eigenvalue weighted by Crippen LogP contribution is 2.01. The molecule has 0 amide bonds. The van der Waals surface area contributed by atoms with Crippen molar-refractivity contribution < 1.29 is 35.1 Å². The molecule has 0 fully saturated rings. The van der Waals surface area contributed by atoms with Crippen LogP contribution in [0, 0.1) is 0 Å². The molecule has 0 aliphatic heterocycles. The zero-order valence-electron chi connectivity index (χ0n) is 8.28. The van der Waals surface area contributed by atoms with Crippen molar-refractivity contribution in [3.8, 4) is 0 Å². The van der Waals surface area contributed by atoms with Gasteiger partial charge in [-0.3, -0.25) is 0 Å². The molecule has 4 atom stereocenters. The molecule has 0 rings (SSSR count). The first-order valence-corrected chi connectivity index (χ1v) is 4.40. The molecule has 0 bridgehead atoms. The van der Waals surface area contributed by atoms with Gasteiger partial charge in [-0.1, -0.05) is 0 Å². The van der Waals surface area contributed by atoms with Crippen LogP contribution in [0.1, 0.15) is 6.92 Å². The zero-order valence-corrected chi connectivity index (χ0v) is 8.28. The highest BCUT2D eigenvalue weighted by atomic mass is 16.6. The van der Waals surface area contributed by atoms with Crippen molar-refractivity contribution in [2.75, 3.05) is 13.2 Å². The number of aliphatic hydroxyl groups excluding tert-OH is 5. The quantitative estimate of drug-likeness (QED) is 0.304. The third kappa shape index (κ3) is 5.05. The Kier molecular flexibility index (Phi) is 6.37. The predicted octanol–water partition coefficient (Wildman–Crippen LogP) is -3.01. The number of rotatable bonds is 6. The Morgan fingerprint density at radius 3 is 2.13 bits per heavy atom. The summed E-state index contributed by atoms with van der Waals surface area (Å²) in [5, 5.41) is 44.4. The number of hydrogen-bond donors (Lipinski definition) is 5. The summed E-state index contributed by atoms with van der Waals surface area (Å²) in [5.74, 6) is -0.945. The standard InChI is InChI=1S/C8H16O7/c1-4(10)8(14)15-3-6(12)7(13)5(11)2-9/h4-7,9-13H,2-3H2,1H3/t4?,5-,6+,7+/m1/s1. The van der Waals surface area contributed by atoms with Crippen molar-refractivity contribution in [3.05, 3.63) is 0 Å². The number of ether oxygens (including phenoxy) is 1. The van der Waals surface area contributed by atoms with E-state index in [1.165, 1.54) is 6.92 Å². The van der Waals surface area contributed by atoms with E-state index in [2.05, 4.69) is 4.74 Å². The lowest BCUT2D eigenvalue weighted by atomic mass is 10.1. The molecule has 7 heteroatoms. The molecule has 5 N–H and O–H groups in total. The Balaban J connectivity index is 3.92. The van der Waals surface area contributed by atoms with Gasteiger partial charge in [0.1, 0.15) is 31.0 Å². The van der Waals surface area contributed by atoms with Gasteiger partial charge in [-0.25, -0.2) is 4.79 Å². The minimum Gasteiger partial charge on any atom is -0.461 e. The molecule has 0 aromatic carbocycles. The van der Waals surface area contributed by atoms with Crippen LogP contribution < -0.4 is 0 Å². The van der Waals surface area contributed by atoms with Crippen LogP contribution in [0.5, 0.6) is 0 Å². The molecule has 0 radical (unpaired) electrons. The van der Waals surface area contributed by atoms with Gasteiger partial charge in [0, 0.05) is 0 Å². The van der Waals surface area contributed by atoms with Crippen LogP contribution in [0.25, 0.3) is 0 Å². The molecule has 0 heterocycles. The third-order valence-electron chi connectivity index (χ3n) is 1.71. The number of esters is 1. The van der Waals surface area contributed by atoms with Crippen LogP contribution in [-0.4, -0.2) is 69.1 Å². The normalized spacial score (nSPS) is 19.1. The average Bonchev–Trinajstić information content (AvgIpc) is 2.22. The zero-order chi connectivity index (χ0) is 12.0. The first kappa shape index (κ1) is 14.3. The van der Waals surface area contributed by atoms with Gasteiger partial charge in [-0.2, -0.15) is 0 Å². The Morgan fingerprint density at radius 1 is 1.20 bits per heavy atom. The average molecular weight is 224 g/mol. The van der Waals surface area contributed by atoms with E-state index >= 15 is 0 Å². The first-order chi connectivity index (χ1) is 6.90. The van der Waals surface area contributed by atoms with Crippen molar-refractivity contribution >= 4 is 5.97 Å². The van der Waals surface area contributed by atoms with E-state index in [9.17, 15) is 4.79 Å². The molecule has 0 aromatic heterocycles. The third-order valence-corrected chi connectivity index (χ3v) is 1.71. The van der Waals surface area contributed by atoms with Gasteiger partial charge in [0.15, 0.2) is 0 Å². The van der Waals surface area contributed by atoms with Crippen LogP contribution >= 0.6 is 0 Å². The molecular weight excluding hydrogens is 208 g/mol. The van der Waals surface area contributed by atoms with Gasteiger partial charge in [0.25, 0.3) is 0 Å². The van der Waals surface area contributed by atoms with Crippen molar-refractivity contribution in [2.45, 2.75) is 31.3 Å². The van der Waals surface area contributed by atoms with E-state index < -0.39 is 43.6 Å². The second-order valence-electron chi connectivity index (χ2n) is 3.11. The van der Waals surface area contributed by atoms with E-state index in [1.54, 1.807) is 0 Å². The van der Waals surface area contributed by atoms with E-state index in [4.69, 9.17) is 25.5 Å². The second kappa shape index (κ2) is 6.70. The number of carbonyl (C=O) groups is 1. The molecule has 0 aliphatic rings. The van der Waals surface area contributed by atoms with Gasteiger partial charge < -0.3 is 30.3 Å². The lowest BCUT2D eigenvalue weighted by molar-refractivity contribution is -0.160. The first-order valence-electron chi connectivity index (χ1n) is 4.40. The maximum atomic E-state index is 10.7. The Bertz CT molecular complexity index is 193. The highest BCUT2D eigenvalue weighted by Gasteiger charge is 2.25. The van der Waals surface area contributed by atoms with Gasteiger partial charge in [-0.15, -0.1) is 0 Å². The number of hydrogen-bond acceptors (Lipinski definition) is 7. The Hall–Kier alpha value is -0.730. The van der Waals surface area contributed by atoms with Crippen molar-refractivity contribution in [3.63, 3.8) is 0 Å². The lowest BCUT2D eigenvalue weighted by Crippen LogP contribution is -2.42. The highest BCUT2D eigenvalue weighted by molar-refractivity contribution is 5.73. The van der Waals surface area contributed by atoms with Crippen molar-refractivity contribution in [2.24, 2.45) is 0 Å². The van der Waals surface area contributed by atoms with Gasteiger partial charge in [-0.05, 0) is 6.92 Å². The van der Waals surface area contributed by atoms with Crippen LogP contribution in [0.2, 0.25) is 0 Å². The summed E-state index contributed by atoms with van der Waals surface area (Å²) in [6.45, 7) is -0.0990. The lowest BCUT2D eigenvalue weighted by Gasteiger charge is -2.21. The number of carbonyl (C=O) groups excluding carboxylic acids is 1. The second-order valence-corrected chi connectivity index (χ2v) is 3.11. The molecule has 15 heavy (non-hydrogen) atoms. The van der Waals surface area contributed by atoms with Gasteiger partial charge >= 0.3 is 5.97 Å². The summed E-state index contributed by atoms with van der Waals surface area (Å²) < 4.78 is 4.39. The van der Waals surface area contributed by atoms with Crippen molar-refractivity contribution in [1.29, 1.82) is 0 Å². The topological polar surface area (TPSA) is 127 Å². The van der Waals surface area contributed by atoms with Gasteiger partial charge in [0.2, 0.25) is 0 Å². The largest absolute Gasteiger partial charge is 0.461 e. The van der Waals surface area contributed by atoms with Crippen LogP contribution in [0.15, 0.2) is 0 Å². The smallest absolute Gasteiger partial charge is 0.334 e. The summed E-state index contributed by atoms with van der Waals surface area (Å²) in [6.07, 6.45) is -5.96. The fourth-order valence-corrected chi connectivity index (χ4v) is 0.751. The summed E-state index contributed by atoms with van der Waals surface area (Å²) in [5.41, 5.74) is 0. The fourth-order valence-electron chi connectivity index (χ4n) is 0.751. The predicted molar refractivity (Wildman–Crippen MR) is 47.7 cm³/mol. The van der Waals surface area contributed by atoms with Crippen LogP contribution in [-0.2, 0) is 9.53 Å². The summed E-state index contributed by atoms with van der Waals surface area (Å²) >= 11 is 0. The van der Waals surface area contributed by atoms with E-state index in [-0.39, 0.29) is 0 Å². The molecule has 0 saturated carbocycles. The maximum absolute atomic E-state index is 10.7. The minimum absolute atomic E-state index is 0.567. The maximum Gasteiger partial charge on any atom is 0.334 e. The van der Waals surface area contributed by atoms with Crippen LogP contribution in [0.4, 0.5) is 0 Å². The molecule has 0 saturated heterocycles. The summed E-state index contributed by atoms with van der Waals surface area (Å²) in [7, 11) is 0.